The average Bonchev–Trinajstić information content (AvgIpc) is 3.21. The Morgan fingerprint density at radius 2 is 2.20 bits per heavy atom. The lowest BCUT2D eigenvalue weighted by atomic mass is 10.1. The van der Waals surface area contributed by atoms with Crippen molar-refractivity contribution < 1.29 is 4.74 Å². The van der Waals surface area contributed by atoms with E-state index in [1.54, 1.807) is 7.11 Å². The first-order chi connectivity index (χ1) is 9.76. The molecule has 1 aliphatic carbocycles. The normalized spacial score (nSPS) is 23.2. The Kier molecular flexibility index (Phi) is 4.64. The number of nitrogens with one attached hydrogen (secondary N) is 1. The number of methoxy groups -OCH3 is 1. The summed E-state index contributed by atoms with van der Waals surface area (Å²) in [4.78, 5) is 2.67. The molecule has 3 rings (SSSR count). The van der Waals surface area contributed by atoms with E-state index >= 15 is 0 Å². The predicted molar refractivity (Wildman–Crippen MR) is 85.1 cm³/mol. The number of likely N-dealkylation sites (tertiary alicyclic amines) is 1. The maximum Gasteiger partial charge on any atom is 0.119 e. The molecule has 110 valence electrons. The number of halogens is 1. The summed E-state index contributed by atoms with van der Waals surface area (Å²) >= 11 is 3.61. The zero-order chi connectivity index (χ0) is 13.9. The van der Waals surface area contributed by atoms with Crippen LogP contribution in [0.5, 0.6) is 5.75 Å². The van der Waals surface area contributed by atoms with E-state index in [9.17, 15) is 0 Å². The average molecular weight is 339 g/mol. The number of hydrogen-bond donors (Lipinski definition) is 1. The Morgan fingerprint density at radius 3 is 2.95 bits per heavy atom. The predicted octanol–water partition coefficient (Wildman–Crippen LogP) is 3.03. The molecule has 1 aromatic rings. The Bertz CT molecular complexity index is 462. The maximum absolute atomic E-state index is 5.28. The lowest BCUT2D eigenvalue weighted by Gasteiger charge is -2.15. The molecular weight excluding hydrogens is 316 g/mol. The third-order valence-electron chi connectivity index (χ3n) is 4.38. The molecule has 1 aromatic carbocycles. The maximum atomic E-state index is 5.28. The van der Waals surface area contributed by atoms with Crippen molar-refractivity contribution in [1.82, 2.24) is 10.2 Å². The van der Waals surface area contributed by atoms with E-state index in [1.165, 1.54) is 37.9 Å². The molecule has 20 heavy (non-hydrogen) atoms. The van der Waals surface area contributed by atoms with Crippen molar-refractivity contribution in [3.8, 4) is 5.75 Å². The van der Waals surface area contributed by atoms with Crippen molar-refractivity contribution in [3.05, 3.63) is 28.2 Å². The molecule has 1 saturated carbocycles. The smallest absolute Gasteiger partial charge is 0.119 e. The van der Waals surface area contributed by atoms with E-state index in [1.807, 2.05) is 6.07 Å². The number of benzene rings is 1. The van der Waals surface area contributed by atoms with Gasteiger partial charge in [0.1, 0.15) is 5.75 Å². The van der Waals surface area contributed by atoms with Gasteiger partial charge >= 0.3 is 0 Å². The van der Waals surface area contributed by atoms with Crippen LogP contribution in [0.25, 0.3) is 0 Å². The SMILES string of the molecule is COc1ccc(Br)c(CNCC2CCN(C3CC3)C2)c1. The molecule has 0 spiro atoms. The van der Waals surface area contributed by atoms with E-state index in [0.29, 0.717) is 0 Å². The van der Waals surface area contributed by atoms with E-state index < -0.39 is 0 Å². The van der Waals surface area contributed by atoms with Crippen LogP contribution in [-0.2, 0) is 6.54 Å². The van der Waals surface area contributed by atoms with E-state index in [2.05, 4.69) is 38.3 Å². The summed E-state index contributed by atoms with van der Waals surface area (Å²) in [6.45, 7) is 4.61. The first-order valence-corrected chi connectivity index (χ1v) is 8.32. The second-order valence-corrected chi connectivity index (χ2v) is 6.82. The highest BCUT2D eigenvalue weighted by molar-refractivity contribution is 9.10. The first-order valence-electron chi connectivity index (χ1n) is 7.53. The molecule has 2 aliphatic rings. The van der Waals surface area contributed by atoms with Gasteiger partial charge in [-0.05, 0) is 62.0 Å². The Hall–Kier alpha value is -0.580. The first kappa shape index (κ1) is 14.4. The van der Waals surface area contributed by atoms with E-state index in [4.69, 9.17) is 4.74 Å². The van der Waals surface area contributed by atoms with Gasteiger partial charge in [-0.15, -0.1) is 0 Å². The third kappa shape index (κ3) is 3.54. The molecule has 1 N–H and O–H groups in total. The molecule has 1 saturated heterocycles. The fourth-order valence-corrected chi connectivity index (χ4v) is 3.41. The summed E-state index contributed by atoms with van der Waals surface area (Å²) in [7, 11) is 1.71. The molecular formula is C16H23BrN2O. The third-order valence-corrected chi connectivity index (χ3v) is 5.16. The number of hydrogen-bond acceptors (Lipinski definition) is 3. The van der Waals surface area contributed by atoms with Crippen LogP contribution in [-0.4, -0.2) is 37.7 Å². The Labute approximate surface area is 129 Å². The summed E-state index contributed by atoms with van der Waals surface area (Å²) in [5, 5.41) is 3.60. The van der Waals surface area contributed by atoms with Crippen LogP contribution in [0, 0.1) is 5.92 Å². The topological polar surface area (TPSA) is 24.5 Å². The van der Waals surface area contributed by atoms with E-state index in [-0.39, 0.29) is 0 Å². The molecule has 0 aromatic heterocycles. The van der Waals surface area contributed by atoms with Gasteiger partial charge < -0.3 is 15.0 Å². The quantitative estimate of drug-likeness (QED) is 0.862. The van der Waals surface area contributed by atoms with Gasteiger partial charge in [0, 0.05) is 23.6 Å². The van der Waals surface area contributed by atoms with Gasteiger partial charge in [-0.3, -0.25) is 0 Å². The summed E-state index contributed by atoms with van der Waals surface area (Å²) in [5.41, 5.74) is 1.27. The summed E-state index contributed by atoms with van der Waals surface area (Å²) in [6.07, 6.45) is 4.20. The minimum atomic E-state index is 0.819. The molecule has 1 unspecified atom stereocenters. The molecule has 3 nitrogen and oxygen atoms in total. The van der Waals surface area contributed by atoms with Crippen LogP contribution >= 0.6 is 15.9 Å². The second-order valence-electron chi connectivity index (χ2n) is 5.97. The zero-order valence-corrected chi connectivity index (χ0v) is 13.7. The standard InChI is InChI=1S/C16H23BrN2O/c1-20-15-4-5-16(17)13(8-15)10-18-9-12-6-7-19(11-12)14-2-3-14/h4-5,8,12,14,18H,2-3,6-7,9-11H2,1H3. The van der Waals surface area contributed by atoms with Crippen LogP contribution in [0.15, 0.2) is 22.7 Å². The van der Waals surface area contributed by atoms with Crippen molar-refractivity contribution in [2.45, 2.75) is 31.8 Å². The second kappa shape index (κ2) is 6.46. The van der Waals surface area contributed by atoms with E-state index in [0.717, 1.165) is 35.3 Å². The molecule has 0 bridgehead atoms. The summed E-state index contributed by atoms with van der Waals surface area (Å²) < 4.78 is 6.43. The van der Waals surface area contributed by atoms with Gasteiger partial charge in [-0.1, -0.05) is 15.9 Å². The highest BCUT2D eigenvalue weighted by atomic mass is 79.9. The van der Waals surface area contributed by atoms with Crippen LogP contribution in [0.2, 0.25) is 0 Å². The Balaban J connectivity index is 1.45. The van der Waals surface area contributed by atoms with Crippen LogP contribution < -0.4 is 10.1 Å². The minimum absolute atomic E-state index is 0.819. The van der Waals surface area contributed by atoms with Gasteiger partial charge in [0.05, 0.1) is 7.11 Å². The largest absolute Gasteiger partial charge is 0.497 e. The van der Waals surface area contributed by atoms with Crippen molar-refractivity contribution in [2.24, 2.45) is 5.92 Å². The molecule has 0 amide bonds. The van der Waals surface area contributed by atoms with Gasteiger partial charge in [0.25, 0.3) is 0 Å². The molecule has 2 fully saturated rings. The minimum Gasteiger partial charge on any atom is -0.497 e. The molecule has 1 heterocycles. The van der Waals surface area contributed by atoms with Crippen molar-refractivity contribution in [3.63, 3.8) is 0 Å². The van der Waals surface area contributed by atoms with Gasteiger partial charge in [-0.25, -0.2) is 0 Å². The molecule has 1 atom stereocenters. The number of rotatable bonds is 6. The zero-order valence-electron chi connectivity index (χ0n) is 12.1. The lowest BCUT2D eigenvalue weighted by molar-refractivity contribution is 0.312. The number of ether oxygens (including phenoxy) is 1. The van der Waals surface area contributed by atoms with Crippen LogP contribution in [0.1, 0.15) is 24.8 Å². The number of nitrogens with zero attached hydrogens (tertiary/aromatic N) is 1. The fraction of sp³-hybridized carbons (Fsp3) is 0.625. The van der Waals surface area contributed by atoms with Crippen molar-refractivity contribution >= 4 is 15.9 Å². The van der Waals surface area contributed by atoms with Crippen LogP contribution in [0.4, 0.5) is 0 Å². The Morgan fingerprint density at radius 1 is 1.35 bits per heavy atom. The highest BCUT2D eigenvalue weighted by Crippen LogP contribution is 2.31. The molecule has 4 heteroatoms. The van der Waals surface area contributed by atoms with Crippen molar-refractivity contribution in [2.75, 3.05) is 26.7 Å². The van der Waals surface area contributed by atoms with Crippen molar-refractivity contribution in [1.29, 1.82) is 0 Å². The van der Waals surface area contributed by atoms with Gasteiger partial charge in [0.2, 0.25) is 0 Å². The highest BCUT2D eigenvalue weighted by Gasteiger charge is 2.33. The van der Waals surface area contributed by atoms with Gasteiger partial charge in [0.15, 0.2) is 0 Å². The molecule has 1 aliphatic heterocycles. The lowest BCUT2D eigenvalue weighted by Crippen LogP contribution is -2.27. The van der Waals surface area contributed by atoms with Crippen LogP contribution in [0.3, 0.4) is 0 Å². The van der Waals surface area contributed by atoms with Gasteiger partial charge in [-0.2, -0.15) is 0 Å². The summed E-state index contributed by atoms with van der Waals surface area (Å²) in [5.74, 6) is 1.74. The molecule has 0 radical (unpaired) electrons. The monoisotopic (exact) mass is 338 g/mol. The summed E-state index contributed by atoms with van der Waals surface area (Å²) in [6, 6.07) is 7.06. The fourth-order valence-electron chi connectivity index (χ4n) is 3.03.